The molecule has 4 saturated carbocycles. The number of nitrogens with zero attached hydrogens (tertiary/aromatic N) is 4. The van der Waals surface area contributed by atoms with Crippen LogP contribution in [0.15, 0.2) is 0 Å². The van der Waals surface area contributed by atoms with Crippen LogP contribution in [-0.4, -0.2) is 71.2 Å². The van der Waals surface area contributed by atoms with Crippen molar-refractivity contribution in [3.8, 4) is 0 Å². The van der Waals surface area contributed by atoms with E-state index in [4.69, 9.17) is 5.53 Å². The second-order valence-electron chi connectivity index (χ2n) is 8.83. The Morgan fingerprint density at radius 1 is 0.963 bits per heavy atom. The molecule has 5 fully saturated rings. The zero-order valence-corrected chi connectivity index (χ0v) is 15.6. The molecule has 0 aromatic heterocycles. The fraction of sp³-hybridized carbons (Fsp3) is 0.789. The highest BCUT2D eigenvalue weighted by atomic mass is 16.2. The summed E-state index contributed by atoms with van der Waals surface area (Å²) in [5, 5.41) is 2.38. The summed E-state index contributed by atoms with van der Waals surface area (Å²) in [6, 6.07) is 0. The number of carbonyl (C=O) groups excluding carboxylic acids is 3. The zero-order chi connectivity index (χ0) is 19.0. The van der Waals surface area contributed by atoms with Crippen molar-refractivity contribution in [3.63, 3.8) is 0 Å². The van der Waals surface area contributed by atoms with Gasteiger partial charge in [-0.15, -0.1) is 0 Å². The Hall–Kier alpha value is -2.21. The van der Waals surface area contributed by atoms with Crippen molar-refractivity contribution < 1.29 is 19.2 Å². The predicted octanol–water partition coefficient (Wildman–Crippen LogP) is 0.290. The molecule has 1 N–H and O–H groups in total. The largest absolute Gasteiger partial charge is 0.361 e. The predicted molar refractivity (Wildman–Crippen MR) is 96.5 cm³/mol. The molecule has 0 unspecified atom stereocenters. The van der Waals surface area contributed by atoms with E-state index in [0.29, 0.717) is 32.1 Å². The van der Waals surface area contributed by atoms with Gasteiger partial charge in [0.15, 0.2) is 0 Å². The zero-order valence-electron chi connectivity index (χ0n) is 15.6. The van der Waals surface area contributed by atoms with Crippen LogP contribution >= 0.6 is 0 Å². The molecule has 0 spiro atoms. The monoisotopic (exact) mass is 373 g/mol. The number of carbonyl (C=O) groups is 3. The first-order valence-corrected chi connectivity index (χ1v) is 10.0. The second kappa shape index (κ2) is 7.08. The number of nitrogens with one attached hydrogen (secondary N) is 1. The Morgan fingerprint density at radius 3 is 2.00 bits per heavy atom. The van der Waals surface area contributed by atoms with E-state index in [1.54, 1.807) is 4.90 Å². The highest BCUT2D eigenvalue weighted by molar-refractivity contribution is 6.24. The van der Waals surface area contributed by atoms with Crippen molar-refractivity contribution in [2.75, 3.05) is 32.7 Å². The fourth-order valence-electron chi connectivity index (χ4n) is 6.24. The molecule has 4 bridgehead atoms. The summed E-state index contributed by atoms with van der Waals surface area (Å²) < 4.78 is 0. The van der Waals surface area contributed by atoms with Gasteiger partial charge >= 0.3 is 12.1 Å². The first-order chi connectivity index (χ1) is 13.0. The van der Waals surface area contributed by atoms with Gasteiger partial charge in [-0.2, -0.15) is 4.79 Å². The summed E-state index contributed by atoms with van der Waals surface area (Å²) in [6.07, 6.45) is 7.88. The van der Waals surface area contributed by atoms with E-state index in [1.165, 1.54) is 19.3 Å². The molecule has 5 aliphatic rings. The SMILES string of the molecule is [N-]=[N+]=CC(=O)NCC(=O)N1CCN(C(=O)C23CC4CC(CC(C4)C2)C3)CC1. The van der Waals surface area contributed by atoms with E-state index in [1.807, 2.05) is 4.90 Å². The van der Waals surface area contributed by atoms with Crippen molar-refractivity contribution in [2.45, 2.75) is 38.5 Å². The smallest absolute Gasteiger partial charge is 0.344 e. The van der Waals surface area contributed by atoms with Gasteiger partial charge in [0.25, 0.3) is 0 Å². The Bertz CT molecular complexity index is 656. The third-order valence-corrected chi connectivity index (χ3v) is 7.00. The van der Waals surface area contributed by atoms with Gasteiger partial charge in [-0.05, 0) is 56.3 Å². The molecule has 3 amide bonds. The molecule has 0 aromatic rings. The molecular formula is C19H27N5O3. The molecule has 0 aromatic carbocycles. The molecule has 1 heterocycles. The van der Waals surface area contributed by atoms with Crippen LogP contribution in [0.5, 0.6) is 0 Å². The van der Waals surface area contributed by atoms with E-state index in [2.05, 4.69) is 10.1 Å². The average Bonchev–Trinajstić information content (AvgIpc) is 2.65. The van der Waals surface area contributed by atoms with Crippen molar-refractivity contribution in [2.24, 2.45) is 23.2 Å². The number of hydrogen-bond donors (Lipinski definition) is 1. The van der Waals surface area contributed by atoms with E-state index < -0.39 is 5.91 Å². The van der Waals surface area contributed by atoms with E-state index in [0.717, 1.165) is 43.2 Å². The standard InChI is InChI=1S/C19H27N5O3/c20-22-11-16(25)21-12-17(26)23-1-3-24(4-2-23)18(27)19-8-13-5-14(9-19)7-15(6-13)10-19/h11,13-15H,1-10,12H2,(H,21,25). The molecule has 146 valence electrons. The third kappa shape index (κ3) is 3.50. The lowest BCUT2D eigenvalue weighted by Gasteiger charge is -2.57. The quantitative estimate of drug-likeness (QED) is 0.435. The van der Waals surface area contributed by atoms with E-state index >= 15 is 0 Å². The maximum atomic E-state index is 13.3. The van der Waals surface area contributed by atoms with Crippen LogP contribution in [0.25, 0.3) is 5.53 Å². The second-order valence-corrected chi connectivity index (χ2v) is 8.83. The minimum Gasteiger partial charge on any atom is -0.361 e. The first-order valence-electron chi connectivity index (χ1n) is 10.0. The minimum atomic E-state index is -0.610. The molecule has 0 radical (unpaired) electrons. The van der Waals surface area contributed by atoms with Gasteiger partial charge in [0.2, 0.25) is 11.8 Å². The molecule has 8 nitrogen and oxygen atoms in total. The summed E-state index contributed by atoms with van der Waals surface area (Å²) in [6.45, 7) is 2.01. The van der Waals surface area contributed by atoms with Crippen LogP contribution in [0.4, 0.5) is 0 Å². The maximum Gasteiger partial charge on any atom is 0.344 e. The van der Waals surface area contributed by atoms with Crippen LogP contribution in [0.3, 0.4) is 0 Å². The van der Waals surface area contributed by atoms with Gasteiger partial charge in [-0.3, -0.25) is 14.4 Å². The van der Waals surface area contributed by atoms with Crippen LogP contribution in [0, 0.1) is 23.2 Å². The third-order valence-electron chi connectivity index (χ3n) is 7.00. The first kappa shape index (κ1) is 18.2. The van der Waals surface area contributed by atoms with Crippen molar-refractivity contribution in [3.05, 3.63) is 5.53 Å². The molecule has 5 rings (SSSR count). The Morgan fingerprint density at radius 2 is 1.48 bits per heavy atom. The lowest BCUT2D eigenvalue weighted by Crippen LogP contribution is -2.59. The molecule has 1 saturated heterocycles. The number of hydrogen-bond acceptors (Lipinski definition) is 3. The van der Waals surface area contributed by atoms with E-state index in [-0.39, 0.29) is 17.9 Å². The van der Waals surface area contributed by atoms with Gasteiger partial charge in [0.05, 0.1) is 12.0 Å². The van der Waals surface area contributed by atoms with Crippen molar-refractivity contribution in [1.29, 1.82) is 0 Å². The van der Waals surface area contributed by atoms with Crippen LogP contribution in [0.1, 0.15) is 38.5 Å². The summed E-state index contributed by atoms with van der Waals surface area (Å²) >= 11 is 0. The Labute approximate surface area is 158 Å². The van der Waals surface area contributed by atoms with Crippen LogP contribution in [-0.2, 0) is 14.4 Å². The minimum absolute atomic E-state index is 0.126. The Balaban J connectivity index is 1.30. The molecular weight excluding hydrogens is 346 g/mol. The lowest BCUT2D eigenvalue weighted by molar-refractivity contribution is -0.160. The number of amides is 3. The number of piperazine rings is 1. The van der Waals surface area contributed by atoms with Crippen LogP contribution < -0.4 is 5.32 Å². The van der Waals surface area contributed by atoms with Crippen LogP contribution in [0.2, 0.25) is 0 Å². The summed E-state index contributed by atoms with van der Waals surface area (Å²) in [5.41, 5.74) is 8.17. The Kier molecular flexibility index (Phi) is 4.76. The highest BCUT2D eigenvalue weighted by Crippen LogP contribution is 2.60. The lowest BCUT2D eigenvalue weighted by atomic mass is 9.49. The molecule has 1 aliphatic heterocycles. The fourth-order valence-corrected chi connectivity index (χ4v) is 6.24. The van der Waals surface area contributed by atoms with Gasteiger partial charge in [-0.25, -0.2) is 0 Å². The maximum absolute atomic E-state index is 13.3. The highest BCUT2D eigenvalue weighted by Gasteiger charge is 2.55. The van der Waals surface area contributed by atoms with Gasteiger partial charge in [-0.1, -0.05) is 0 Å². The molecule has 4 aliphatic carbocycles. The van der Waals surface area contributed by atoms with Gasteiger partial charge in [0, 0.05) is 26.2 Å². The van der Waals surface area contributed by atoms with Gasteiger partial charge in [0.1, 0.15) is 0 Å². The molecule has 27 heavy (non-hydrogen) atoms. The van der Waals surface area contributed by atoms with E-state index in [9.17, 15) is 14.4 Å². The number of rotatable bonds is 4. The summed E-state index contributed by atoms with van der Waals surface area (Å²) in [7, 11) is 0. The van der Waals surface area contributed by atoms with Crippen molar-refractivity contribution in [1.82, 2.24) is 15.1 Å². The topological polar surface area (TPSA) is 106 Å². The molecule has 8 heteroatoms. The normalized spacial score (nSPS) is 34.1. The van der Waals surface area contributed by atoms with Gasteiger partial charge < -0.3 is 20.6 Å². The summed E-state index contributed by atoms with van der Waals surface area (Å²) in [4.78, 5) is 43.1. The van der Waals surface area contributed by atoms with Crippen molar-refractivity contribution >= 4 is 23.9 Å². The average molecular weight is 373 g/mol. The summed E-state index contributed by atoms with van der Waals surface area (Å²) in [5.74, 6) is 1.76. The molecule has 0 atom stereocenters.